The second-order valence-corrected chi connectivity index (χ2v) is 2.52. The van der Waals surface area contributed by atoms with Gasteiger partial charge in [0, 0.05) is 12.5 Å². The largest absolute Gasteiger partial charge is 0.316 e. The molecule has 0 saturated carbocycles. The molecule has 3 N–H and O–H groups in total. The summed E-state index contributed by atoms with van der Waals surface area (Å²) in [5, 5.41) is 17.7. The van der Waals surface area contributed by atoms with Crippen molar-refractivity contribution in [3.05, 3.63) is 0 Å². The Balaban J connectivity index is 2.28. The van der Waals surface area contributed by atoms with E-state index in [4.69, 9.17) is 5.41 Å². The molecule has 0 spiro atoms. The normalized spacial score (nSPS) is 24.3. The van der Waals surface area contributed by atoms with Crippen molar-refractivity contribution in [2.45, 2.75) is 6.42 Å². The SMILES string of the molecule is CN=NNC(=N)[C@@H]1CCNC1. The molecule has 0 unspecified atom stereocenters. The lowest BCUT2D eigenvalue weighted by molar-refractivity contribution is 0.713. The lowest BCUT2D eigenvalue weighted by Crippen LogP contribution is -2.27. The Hall–Kier alpha value is -0.970. The number of nitrogens with zero attached hydrogens (tertiary/aromatic N) is 2. The molecule has 1 atom stereocenters. The lowest BCUT2D eigenvalue weighted by Gasteiger charge is -2.07. The van der Waals surface area contributed by atoms with Gasteiger partial charge in [-0.25, -0.2) is 5.43 Å². The van der Waals surface area contributed by atoms with Crippen molar-refractivity contribution in [3.63, 3.8) is 0 Å². The highest BCUT2D eigenvalue weighted by Crippen LogP contribution is 2.06. The molecule has 0 aromatic heterocycles. The van der Waals surface area contributed by atoms with Gasteiger partial charge in [-0.1, -0.05) is 5.22 Å². The Labute approximate surface area is 65.8 Å². The molecule has 1 heterocycles. The lowest BCUT2D eigenvalue weighted by atomic mass is 10.1. The van der Waals surface area contributed by atoms with Crippen LogP contribution < -0.4 is 10.7 Å². The van der Waals surface area contributed by atoms with Gasteiger partial charge in [-0.05, 0) is 13.0 Å². The maximum absolute atomic E-state index is 7.48. The van der Waals surface area contributed by atoms with Crippen LogP contribution in [0.4, 0.5) is 0 Å². The van der Waals surface area contributed by atoms with Crippen molar-refractivity contribution >= 4 is 5.84 Å². The summed E-state index contributed by atoms with van der Waals surface area (Å²) < 4.78 is 0. The molecule has 1 aliphatic rings. The molecule has 0 aromatic rings. The van der Waals surface area contributed by atoms with E-state index in [2.05, 4.69) is 21.1 Å². The van der Waals surface area contributed by atoms with Gasteiger partial charge in [-0.15, -0.1) is 0 Å². The monoisotopic (exact) mass is 155 g/mol. The predicted molar refractivity (Wildman–Crippen MR) is 42.6 cm³/mol. The summed E-state index contributed by atoms with van der Waals surface area (Å²) in [6.45, 7) is 1.88. The predicted octanol–water partition coefficient (Wildman–Crippen LogP) is 0.160. The zero-order valence-corrected chi connectivity index (χ0v) is 6.59. The summed E-state index contributed by atoms with van der Waals surface area (Å²) in [4.78, 5) is 0. The van der Waals surface area contributed by atoms with E-state index in [9.17, 15) is 0 Å². The van der Waals surface area contributed by atoms with E-state index >= 15 is 0 Å². The van der Waals surface area contributed by atoms with Crippen LogP contribution in [-0.4, -0.2) is 26.0 Å². The van der Waals surface area contributed by atoms with E-state index in [1.54, 1.807) is 7.05 Å². The average molecular weight is 155 g/mol. The van der Waals surface area contributed by atoms with Crippen molar-refractivity contribution in [2.75, 3.05) is 20.1 Å². The molecule has 1 fully saturated rings. The maximum atomic E-state index is 7.48. The summed E-state index contributed by atoms with van der Waals surface area (Å²) in [5.41, 5.74) is 2.58. The molecule has 62 valence electrons. The average Bonchev–Trinajstić information content (AvgIpc) is 2.52. The zero-order chi connectivity index (χ0) is 8.10. The van der Waals surface area contributed by atoms with E-state index in [0.717, 1.165) is 19.5 Å². The van der Waals surface area contributed by atoms with E-state index in [1.807, 2.05) is 0 Å². The fraction of sp³-hybridized carbons (Fsp3) is 0.833. The van der Waals surface area contributed by atoms with Crippen LogP contribution in [0.25, 0.3) is 0 Å². The first kappa shape index (κ1) is 8.13. The number of rotatable bonds is 2. The van der Waals surface area contributed by atoms with Crippen LogP contribution in [-0.2, 0) is 0 Å². The summed E-state index contributed by atoms with van der Waals surface area (Å²) in [5.74, 6) is 0.751. The Morgan fingerprint density at radius 3 is 3.09 bits per heavy atom. The third-order valence-electron chi connectivity index (χ3n) is 1.74. The van der Waals surface area contributed by atoms with Gasteiger partial charge in [0.15, 0.2) is 0 Å². The molecule has 0 radical (unpaired) electrons. The summed E-state index contributed by atoms with van der Waals surface area (Å²) in [6, 6.07) is 0. The first-order chi connectivity index (χ1) is 5.34. The topological polar surface area (TPSA) is 72.6 Å². The number of hydrogen-bond donors (Lipinski definition) is 3. The van der Waals surface area contributed by atoms with Gasteiger partial charge in [0.05, 0.1) is 7.05 Å². The molecule has 5 nitrogen and oxygen atoms in total. The first-order valence-corrected chi connectivity index (χ1v) is 3.68. The van der Waals surface area contributed by atoms with Gasteiger partial charge in [0.1, 0.15) is 5.84 Å². The fourth-order valence-electron chi connectivity index (χ4n) is 1.10. The van der Waals surface area contributed by atoms with Gasteiger partial charge in [0.25, 0.3) is 0 Å². The first-order valence-electron chi connectivity index (χ1n) is 3.68. The molecular formula is C6H13N5. The smallest absolute Gasteiger partial charge is 0.120 e. The molecule has 0 aliphatic carbocycles. The number of hydrogen-bond acceptors (Lipinski definition) is 4. The van der Waals surface area contributed by atoms with E-state index in [-0.39, 0.29) is 0 Å². The molecule has 11 heavy (non-hydrogen) atoms. The van der Waals surface area contributed by atoms with E-state index in [1.165, 1.54) is 0 Å². The molecule has 5 heteroatoms. The Morgan fingerprint density at radius 2 is 2.55 bits per heavy atom. The Bertz CT molecular complexity index is 158. The highest BCUT2D eigenvalue weighted by atomic mass is 15.4. The van der Waals surface area contributed by atoms with E-state index < -0.39 is 0 Å². The molecule has 1 aliphatic heterocycles. The maximum Gasteiger partial charge on any atom is 0.120 e. The minimum atomic E-state index is 0.292. The third kappa shape index (κ3) is 2.27. The second-order valence-electron chi connectivity index (χ2n) is 2.52. The number of nitrogens with one attached hydrogen (secondary N) is 3. The van der Waals surface area contributed by atoms with Crippen LogP contribution >= 0.6 is 0 Å². The van der Waals surface area contributed by atoms with Crippen LogP contribution in [0.5, 0.6) is 0 Å². The third-order valence-corrected chi connectivity index (χ3v) is 1.74. The molecular weight excluding hydrogens is 142 g/mol. The zero-order valence-electron chi connectivity index (χ0n) is 6.59. The van der Waals surface area contributed by atoms with Crippen LogP contribution in [0.1, 0.15) is 6.42 Å². The van der Waals surface area contributed by atoms with Crippen molar-refractivity contribution in [1.82, 2.24) is 10.7 Å². The standard InChI is InChI=1S/C6H13N5/c1-8-11-10-6(7)5-2-3-9-4-5/h5,9H,2-4H2,1H3,(H2,7,8,10)/t5-/m1/s1. The Morgan fingerprint density at radius 1 is 1.73 bits per heavy atom. The van der Waals surface area contributed by atoms with Crippen LogP contribution in [0.3, 0.4) is 0 Å². The van der Waals surface area contributed by atoms with E-state index in [0.29, 0.717) is 11.8 Å². The summed E-state index contributed by atoms with van der Waals surface area (Å²) >= 11 is 0. The molecule has 0 amide bonds. The molecule has 0 bridgehead atoms. The van der Waals surface area contributed by atoms with Crippen LogP contribution in [0, 0.1) is 11.3 Å². The van der Waals surface area contributed by atoms with Crippen molar-refractivity contribution in [2.24, 2.45) is 16.3 Å². The minimum absolute atomic E-state index is 0.292. The highest BCUT2D eigenvalue weighted by Gasteiger charge is 2.18. The summed E-state index contributed by atoms with van der Waals surface area (Å²) in [6.07, 6.45) is 1.02. The van der Waals surface area contributed by atoms with Gasteiger partial charge in [0.2, 0.25) is 0 Å². The van der Waals surface area contributed by atoms with Crippen LogP contribution in [0.15, 0.2) is 10.3 Å². The molecule has 0 aromatic carbocycles. The fourth-order valence-corrected chi connectivity index (χ4v) is 1.10. The highest BCUT2D eigenvalue weighted by molar-refractivity contribution is 5.81. The van der Waals surface area contributed by atoms with Crippen molar-refractivity contribution < 1.29 is 0 Å². The Kier molecular flexibility index (Phi) is 2.97. The number of amidine groups is 1. The quantitative estimate of drug-likeness (QED) is 0.230. The minimum Gasteiger partial charge on any atom is -0.316 e. The molecule has 1 saturated heterocycles. The second kappa shape index (κ2) is 4.02. The summed E-state index contributed by atoms with van der Waals surface area (Å²) in [7, 11) is 1.58. The van der Waals surface area contributed by atoms with Crippen molar-refractivity contribution in [3.8, 4) is 0 Å². The molecule has 1 rings (SSSR count). The van der Waals surface area contributed by atoms with Gasteiger partial charge < -0.3 is 5.32 Å². The van der Waals surface area contributed by atoms with Gasteiger partial charge >= 0.3 is 0 Å². The van der Waals surface area contributed by atoms with Gasteiger partial charge in [-0.2, -0.15) is 5.11 Å². The van der Waals surface area contributed by atoms with Crippen LogP contribution in [0.2, 0.25) is 0 Å². The van der Waals surface area contributed by atoms with Gasteiger partial charge in [-0.3, -0.25) is 5.41 Å². The van der Waals surface area contributed by atoms with Crippen molar-refractivity contribution in [1.29, 1.82) is 5.41 Å².